The van der Waals surface area contributed by atoms with E-state index in [1.54, 1.807) is 0 Å². The molecule has 5 nitrogen and oxygen atoms in total. The van der Waals surface area contributed by atoms with Crippen LogP contribution < -0.4 is 0 Å². The molecule has 2 aliphatic heterocycles. The molecule has 2 heterocycles. The third-order valence-electron chi connectivity index (χ3n) is 5.20. The third-order valence-corrected chi connectivity index (χ3v) is 5.20. The molecule has 0 aliphatic carbocycles. The second-order valence-corrected chi connectivity index (χ2v) is 7.55. The van der Waals surface area contributed by atoms with Crippen molar-refractivity contribution in [1.82, 2.24) is 9.80 Å². The summed E-state index contributed by atoms with van der Waals surface area (Å²) in [5.41, 5.74) is 0.150. The SMILES string of the molecule is O=C(Cc1cccc(F)c1F)N1CCCC(CN2CCCC2)C1.O=C(O)C(F)(F)F. The number of hydrogen-bond acceptors (Lipinski definition) is 3. The zero-order valence-corrected chi connectivity index (χ0v) is 16.4. The van der Waals surface area contributed by atoms with Crippen molar-refractivity contribution in [2.24, 2.45) is 5.92 Å². The molecule has 1 amide bonds. The summed E-state index contributed by atoms with van der Waals surface area (Å²) in [5.74, 6) is -4.14. The van der Waals surface area contributed by atoms with E-state index in [0.29, 0.717) is 5.92 Å². The number of likely N-dealkylation sites (tertiary alicyclic amines) is 2. The van der Waals surface area contributed by atoms with E-state index in [-0.39, 0.29) is 17.9 Å². The average molecular weight is 436 g/mol. The maximum absolute atomic E-state index is 13.7. The molecule has 0 saturated carbocycles. The van der Waals surface area contributed by atoms with Gasteiger partial charge in [-0.3, -0.25) is 4.79 Å². The molecular formula is C20H25F5N2O3. The summed E-state index contributed by atoms with van der Waals surface area (Å²) in [6.07, 6.45) is -0.451. The number of benzene rings is 1. The number of amides is 1. The highest BCUT2D eigenvalue weighted by Gasteiger charge is 2.38. The minimum Gasteiger partial charge on any atom is -0.475 e. The number of aliphatic carboxylic acids is 1. The number of hydrogen-bond donors (Lipinski definition) is 1. The molecule has 1 unspecified atom stereocenters. The minimum atomic E-state index is -5.08. The second kappa shape index (κ2) is 10.7. The number of carbonyl (C=O) groups is 2. The van der Waals surface area contributed by atoms with Crippen LogP contribution in [0.4, 0.5) is 22.0 Å². The van der Waals surface area contributed by atoms with E-state index in [1.165, 1.54) is 38.1 Å². The van der Waals surface area contributed by atoms with Crippen LogP contribution >= 0.6 is 0 Å². The molecule has 0 radical (unpaired) electrons. The average Bonchev–Trinajstić information content (AvgIpc) is 3.18. The van der Waals surface area contributed by atoms with Gasteiger partial charge in [0.05, 0.1) is 6.42 Å². The quantitative estimate of drug-likeness (QED) is 0.735. The van der Waals surface area contributed by atoms with Crippen LogP contribution in [0, 0.1) is 17.6 Å². The van der Waals surface area contributed by atoms with Gasteiger partial charge in [0.15, 0.2) is 11.6 Å². The van der Waals surface area contributed by atoms with E-state index in [2.05, 4.69) is 4.90 Å². The molecule has 0 bridgehead atoms. The highest BCUT2D eigenvalue weighted by Crippen LogP contribution is 2.21. The van der Waals surface area contributed by atoms with Gasteiger partial charge in [-0.2, -0.15) is 13.2 Å². The molecule has 10 heteroatoms. The van der Waals surface area contributed by atoms with Crippen LogP contribution in [0.15, 0.2) is 18.2 Å². The van der Waals surface area contributed by atoms with E-state index < -0.39 is 23.8 Å². The Bertz CT molecular complexity index is 736. The van der Waals surface area contributed by atoms with Gasteiger partial charge in [-0.25, -0.2) is 13.6 Å². The first kappa shape index (κ1) is 24.0. The Morgan fingerprint density at radius 1 is 1.07 bits per heavy atom. The number of alkyl halides is 3. The standard InChI is InChI=1S/C18H24F2N2O.C2HF3O2/c19-16-7-3-6-15(18(16)20)11-17(23)22-10-4-5-14(13-22)12-21-8-1-2-9-21;3-2(4,5)1(6)7/h3,6-7,14H,1-2,4-5,8-13H2;(H,6,7). The number of nitrogens with zero attached hydrogens (tertiary/aromatic N) is 2. The smallest absolute Gasteiger partial charge is 0.475 e. The highest BCUT2D eigenvalue weighted by atomic mass is 19.4. The lowest BCUT2D eigenvalue weighted by Crippen LogP contribution is -2.44. The highest BCUT2D eigenvalue weighted by molar-refractivity contribution is 5.79. The number of carbonyl (C=O) groups excluding carboxylic acids is 1. The van der Waals surface area contributed by atoms with Gasteiger partial charge in [-0.15, -0.1) is 0 Å². The molecule has 168 valence electrons. The molecule has 0 spiro atoms. The zero-order chi connectivity index (χ0) is 22.3. The van der Waals surface area contributed by atoms with Crippen molar-refractivity contribution in [3.05, 3.63) is 35.4 Å². The maximum Gasteiger partial charge on any atom is 0.490 e. The van der Waals surface area contributed by atoms with Crippen molar-refractivity contribution >= 4 is 11.9 Å². The van der Waals surface area contributed by atoms with Gasteiger partial charge < -0.3 is 14.9 Å². The predicted molar refractivity (Wildman–Crippen MR) is 98.7 cm³/mol. The van der Waals surface area contributed by atoms with E-state index in [0.717, 1.165) is 38.5 Å². The van der Waals surface area contributed by atoms with E-state index >= 15 is 0 Å². The van der Waals surface area contributed by atoms with Crippen molar-refractivity contribution < 1.29 is 36.6 Å². The number of carboxylic acids is 1. The number of piperidine rings is 1. The predicted octanol–water partition coefficient (Wildman–Crippen LogP) is 3.48. The van der Waals surface area contributed by atoms with Gasteiger partial charge in [0, 0.05) is 25.2 Å². The summed E-state index contributed by atoms with van der Waals surface area (Å²) in [4.78, 5) is 25.6. The first-order chi connectivity index (χ1) is 14.1. The minimum absolute atomic E-state index is 0.0555. The first-order valence-electron chi connectivity index (χ1n) is 9.81. The Kier molecular flexibility index (Phi) is 8.57. The molecule has 2 aliphatic rings. The molecule has 1 N–H and O–H groups in total. The summed E-state index contributed by atoms with van der Waals surface area (Å²) in [5, 5.41) is 7.12. The van der Waals surface area contributed by atoms with Gasteiger partial charge in [0.25, 0.3) is 0 Å². The molecular weight excluding hydrogens is 411 g/mol. The lowest BCUT2D eigenvalue weighted by molar-refractivity contribution is -0.192. The van der Waals surface area contributed by atoms with Crippen molar-refractivity contribution in [3.8, 4) is 0 Å². The fourth-order valence-corrected chi connectivity index (χ4v) is 3.73. The summed E-state index contributed by atoms with van der Waals surface area (Å²) < 4.78 is 58.7. The summed E-state index contributed by atoms with van der Waals surface area (Å²) in [6, 6.07) is 4.02. The van der Waals surface area contributed by atoms with Crippen LogP contribution in [0.1, 0.15) is 31.2 Å². The lowest BCUT2D eigenvalue weighted by atomic mass is 9.96. The Morgan fingerprint density at radius 2 is 1.70 bits per heavy atom. The number of carboxylic acid groups (broad SMARTS) is 1. The lowest BCUT2D eigenvalue weighted by Gasteiger charge is -2.34. The number of rotatable bonds is 4. The summed E-state index contributed by atoms with van der Waals surface area (Å²) >= 11 is 0. The maximum atomic E-state index is 13.7. The van der Waals surface area contributed by atoms with Crippen molar-refractivity contribution in [2.45, 2.75) is 38.3 Å². The fourth-order valence-electron chi connectivity index (χ4n) is 3.73. The van der Waals surface area contributed by atoms with Gasteiger partial charge in [0.2, 0.25) is 5.91 Å². The van der Waals surface area contributed by atoms with Crippen molar-refractivity contribution in [1.29, 1.82) is 0 Å². The third kappa shape index (κ3) is 7.23. The topological polar surface area (TPSA) is 60.9 Å². The Hall–Kier alpha value is -2.23. The van der Waals surface area contributed by atoms with Gasteiger partial charge in [-0.1, -0.05) is 12.1 Å². The monoisotopic (exact) mass is 436 g/mol. The Balaban J connectivity index is 0.000000396. The van der Waals surface area contributed by atoms with Gasteiger partial charge in [0.1, 0.15) is 0 Å². The van der Waals surface area contributed by atoms with Crippen LogP contribution in [0.3, 0.4) is 0 Å². The first-order valence-corrected chi connectivity index (χ1v) is 9.81. The Labute approximate surface area is 171 Å². The molecule has 1 aromatic rings. The van der Waals surface area contributed by atoms with E-state index in [4.69, 9.17) is 9.90 Å². The van der Waals surface area contributed by atoms with E-state index in [1.807, 2.05) is 4.90 Å². The Morgan fingerprint density at radius 3 is 2.30 bits per heavy atom. The van der Waals surface area contributed by atoms with Crippen molar-refractivity contribution in [3.63, 3.8) is 0 Å². The van der Waals surface area contributed by atoms with Crippen LogP contribution in [0.5, 0.6) is 0 Å². The van der Waals surface area contributed by atoms with Crippen LogP contribution in [-0.2, 0) is 16.0 Å². The van der Waals surface area contributed by atoms with Crippen LogP contribution in [-0.4, -0.2) is 65.7 Å². The summed E-state index contributed by atoms with van der Waals surface area (Å²) in [7, 11) is 0. The molecule has 2 fully saturated rings. The normalized spacial score (nSPS) is 19.9. The second-order valence-electron chi connectivity index (χ2n) is 7.55. The van der Waals surface area contributed by atoms with E-state index in [9.17, 15) is 26.7 Å². The van der Waals surface area contributed by atoms with Crippen molar-refractivity contribution in [2.75, 3.05) is 32.7 Å². The molecule has 2 saturated heterocycles. The summed E-state index contributed by atoms with van der Waals surface area (Å²) in [6.45, 7) is 4.86. The number of halogens is 5. The molecule has 3 rings (SSSR count). The molecule has 1 aromatic carbocycles. The molecule has 0 aromatic heterocycles. The van der Waals surface area contributed by atoms with Crippen LogP contribution in [0.2, 0.25) is 0 Å². The fraction of sp³-hybridized carbons (Fsp3) is 0.600. The van der Waals surface area contributed by atoms with Crippen LogP contribution in [0.25, 0.3) is 0 Å². The zero-order valence-electron chi connectivity index (χ0n) is 16.4. The molecule has 30 heavy (non-hydrogen) atoms. The van der Waals surface area contributed by atoms with Gasteiger partial charge in [-0.05, 0) is 50.8 Å². The largest absolute Gasteiger partial charge is 0.490 e. The molecule has 1 atom stereocenters. The van der Waals surface area contributed by atoms with Gasteiger partial charge >= 0.3 is 12.1 Å².